The molecule has 1 heterocycles. The quantitative estimate of drug-likeness (QED) is 0.377. The highest BCUT2D eigenvalue weighted by Crippen LogP contribution is 2.22. The van der Waals surface area contributed by atoms with Crippen molar-refractivity contribution in [2.45, 2.75) is 20.0 Å². The van der Waals surface area contributed by atoms with Crippen molar-refractivity contribution in [2.75, 3.05) is 5.32 Å². The van der Waals surface area contributed by atoms with Crippen LogP contribution < -0.4 is 5.32 Å². The molecule has 3 aromatic rings. The maximum Gasteiger partial charge on any atom is 0.338 e. The lowest BCUT2D eigenvalue weighted by molar-refractivity contribution is -0.387. The van der Waals surface area contributed by atoms with Gasteiger partial charge in [0.2, 0.25) is 5.82 Å². The van der Waals surface area contributed by atoms with Crippen molar-refractivity contribution in [1.82, 2.24) is 9.78 Å². The highest BCUT2D eigenvalue weighted by Gasteiger charge is 2.21. The lowest BCUT2D eigenvalue weighted by Gasteiger charge is -2.14. The Kier molecular flexibility index (Phi) is 5.86. The number of aromatic nitrogens is 2. The molecule has 0 saturated heterocycles. The van der Waals surface area contributed by atoms with E-state index in [1.165, 1.54) is 13.0 Å². The molecule has 0 bridgehead atoms. The number of carbonyl (C=O) groups is 2. The molecule has 0 radical (unpaired) electrons. The summed E-state index contributed by atoms with van der Waals surface area (Å²) in [6.07, 6.45) is 0.475. The van der Waals surface area contributed by atoms with Gasteiger partial charge >= 0.3 is 11.7 Å². The number of benzene rings is 2. The van der Waals surface area contributed by atoms with E-state index in [-0.39, 0.29) is 11.3 Å². The Hall–Kier alpha value is -4.08. The summed E-state index contributed by atoms with van der Waals surface area (Å²) in [7, 11) is 0. The molecule has 0 saturated carbocycles. The summed E-state index contributed by atoms with van der Waals surface area (Å²) in [5, 5.41) is 17.3. The monoisotopic (exact) mass is 412 g/mol. The molecular weight excluding hydrogens is 395 g/mol. The van der Waals surface area contributed by atoms with Crippen LogP contribution in [0.2, 0.25) is 0 Å². The number of carbonyl (C=O) groups excluding carboxylic acids is 2. The number of nitro groups is 1. The van der Waals surface area contributed by atoms with Crippen LogP contribution in [0.5, 0.6) is 0 Å². The van der Waals surface area contributed by atoms with Crippen LogP contribution in [0.3, 0.4) is 0 Å². The lowest BCUT2D eigenvalue weighted by atomic mass is 10.2. The zero-order valence-electron chi connectivity index (χ0n) is 16.0. The molecule has 1 atom stereocenters. The molecule has 10 heteroatoms. The number of anilines is 1. The summed E-state index contributed by atoms with van der Waals surface area (Å²) in [5.41, 5.74) is 1.16. The molecule has 3 rings (SSSR count). The van der Waals surface area contributed by atoms with Crippen molar-refractivity contribution >= 4 is 23.3 Å². The van der Waals surface area contributed by atoms with E-state index in [2.05, 4.69) is 10.4 Å². The number of nitrogens with zero attached hydrogens (tertiary/aromatic N) is 3. The van der Waals surface area contributed by atoms with E-state index in [4.69, 9.17) is 4.74 Å². The van der Waals surface area contributed by atoms with Crippen molar-refractivity contribution in [3.8, 4) is 5.69 Å². The average Bonchev–Trinajstić information content (AvgIpc) is 3.15. The normalized spacial score (nSPS) is 11.6. The molecule has 0 spiro atoms. The smallest absolute Gasteiger partial charge is 0.338 e. The number of nitro benzene ring substituents is 1. The number of hydrogen-bond donors (Lipinski definition) is 1. The minimum absolute atomic E-state index is 0.00921. The summed E-state index contributed by atoms with van der Waals surface area (Å²) in [4.78, 5) is 34.4. The third-order valence-electron chi connectivity index (χ3n) is 4.24. The van der Waals surface area contributed by atoms with E-state index in [1.807, 2.05) is 13.0 Å². The Labute approximate surface area is 170 Å². The first kappa shape index (κ1) is 20.6. The Balaban J connectivity index is 1.64. The second kappa shape index (κ2) is 8.52. The van der Waals surface area contributed by atoms with E-state index in [0.29, 0.717) is 0 Å². The van der Waals surface area contributed by atoms with Crippen LogP contribution in [0, 0.1) is 22.9 Å². The van der Waals surface area contributed by atoms with Gasteiger partial charge in [0.1, 0.15) is 0 Å². The molecule has 0 fully saturated rings. The summed E-state index contributed by atoms with van der Waals surface area (Å²) in [6.45, 7) is 3.25. The zero-order chi connectivity index (χ0) is 21.8. The molecular formula is C20H17FN4O5. The van der Waals surface area contributed by atoms with Crippen molar-refractivity contribution in [3.05, 3.63) is 81.9 Å². The van der Waals surface area contributed by atoms with E-state index in [1.54, 1.807) is 35.1 Å². The van der Waals surface area contributed by atoms with Crippen LogP contribution in [0.1, 0.15) is 23.0 Å². The fourth-order valence-corrected chi connectivity index (χ4v) is 2.63. The predicted octanol–water partition coefficient (Wildman–Crippen LogP) is 3.41. The number of esters is 1. The van der Waals surface area contributed by atoms with Crippen LogP contribution in [-0.2, 0) is 9.53 Å². The number of rotatable bonds is 6. The van der Waals surface area contributed by atoms with Gasteiger partial charge in [-0.15, -0.1) is 0 Å². The van der Waals surface area contributed by atoms with Crippen LogP contribution in [0.4, 0.5) is 15.8 Å². The summed E-state index contributed by atoms with van der Waals surface area (Å²) in [6, 6.07) is 11.3. The molecule has 2 aromatic carbocycles. The Bertz CT molecular complexity index is 1110. The van der Waals surface area contributed by atoms with Gasteiger partial charge in [-0.25, -0.2) is 9.48 Å². The van der Waals surface area contributed by atoms with Crippen molar-refractivity contribution in [2.24, 2.45) is 0 Å². The SMILES string of the molecule is Cc1ccnn1-c1ccc(C(=O)O[C@@H](C)C(=O)Nc2ccc(F)c([N+](=O)[O-])c2)cc1. The van der Waals surface area contributed by atoms with Gasteiger partial charge in [0.05, 0.1) is 16.2 Å². The number of amides is 1. The van der Waals surface area contributed by atoms with Gasteiger partial charge in [-0.3, -0.25) is 14.9 Å². The van der Waals surface area contributed by atoms with Crippen molar-refractivity contribution in [1.29, 1.82) is 0 Å². The molecule has 0 aliphatic heterocycles. The van der Waals surface area contributed by atoms with Crippen LogP contribution in [0.25, 0.3) is 5.69 Å². The first-order valence-corrected chi connectivity index (χ1v) is 8.83. The first-order chi connectivity index (χ1) is 14.3. The molecule has 154 valence electrons. The van der Waals surface area contributed by atoms with Gasteiger partial charge in [-0.2, -0.15) is 9.49 Å². The largest absolute Gasteiger partial charge is 0.449 e. The fourth-order valence-electron chi connectivity index (χ4n) is 2.63. The second-order valence-corrected chi connectivity index (χ2v) is 6.39. The number of halogens is 1. The van der Waals surface area contributed by atoms with Gasteiger partial charge in [0.25, 0.3) is 5.91 Å². The molecule has 1 N–H and O–H groups in total. The van der Waals surface area contributed by atoms with Gasteiger partial charge < -0.3 is 10.1 Å². The van der Waals surface area contributed by atoms with E-state index < -0.39 is 34.4 Å². The minimum atomic E-state index is -1.19. The topological polar surface area (TPSA) is 116 Å². The molecule has 0 aliphatic rings. The number of hydrogen-bond acceptors (Lipinski definition) is 6. The van der Waals surface area contributed by atoms with Crippen LogP contribution in [-0.4, -0.2) is 32.7 Å². The fraction of sp³-hybridized carbons (Fsp3) is 0.150. The molecule has 0 aliphatic carbocycles. The number of aryl methyl sites for hydroxylation is 1. The van der Waals surface area contributed by atoms with E-state index in [9.17, 15) is 24.1 Å². The Morgan fingerprint density at radius 1 is 1.20 bits per heavy atom. The summed E-state index contributed by atoms with van der Waals surface area (Å²) >= 11 is 0. The van der Waals surface area contributed by atoms with Crippen LogP contribution in [0.15, 0.2) is 54.7 Å². The average molecular weight is 412 g/mol. The molecule has 1 aromatic heterocycles. The zero-order valence-corrected chi connectivity index (χ0v) is 16.0. The third-order valence-corrected chi connectivity index (χ3v) is 4.24. The number of nitrogens with one attached hydrogen (secondary N) is 1. The van der Waals surface area contributed by atoms with E-state index in [0.717, 1.165) is 23.5 Å². The molecule has 0 unspecified atom stereocenters. The first-order valence-electron chi connectivity index (χ1n) is 8.83. The summed E-state index contributed by atoms with van der Waals surface area (Å²) in [5.74, 6) is -2.45. The van der Waals surface area contributed by atoms with Gasteiger partial charge in [0, 0.05) is 23.6 Å². The Morgan fingerprint density at radius 2 is 1.90 bits per heavy atom. The number of ether oxygens (including phenoxy) is 1. The lowest BCUT2D eigenvalue weighted by Crippen LogP contribution is -2.30. The second-order valence-electron chi connectivity index (χ2n) is 6.39. The maximum atomic E-state index is 13.4. The third kappa shape index (κ3) is 4.49. The molecule has 30 heavy (non-hydrogen) atoms. The summed E-state index contributed by atoms with van der Waals surface area (Å²) < 4.78 is 20.2. The minimum Gasteiger partial charge on any atom is -0.449 e. The van der Waals surface area contributed by atoms with Gasteiger partial charge in [-0.05, 0) is 56.3 Å². The highest BCUT2D eigenvalue weighted by atomic mass is 19.1. The Morgan fingerprint density at radius 3 is 2.50 bits per heavy atom. The standard InChI is InChI=1S/C20H17FN4O5/c1-12-9-10-22-24(12)16-6-3-14(4-7-16)20(27)30-13(2)19(26)23-15-5-8-17(21)18(11-15)25(28)29/h3-11,13H,1-2H3,(H,23,26)/t13-/m0/s1. The highest BCUT2D eigenvalue weighted by molar-refractivity contribution is 5.97. The molecule has 1 amide bonds. The predicted molar refractivity (Wildman–Crippen MR) is 105 cm³/mol. The van der Waals surface area contributed by atoms with Gasteiger partial charge in [0.15, 0.2) is 6.10 Å². The van der Waals surface area contributed by atoms with Gasteiger partial charge in [-0.1, -0.05) is 0 Å². The maximum absolute atomic E-state index is 13.4. The van der Waals surface area contributed by atoms with Crippen molar-refractivity contribution in [3.63, 3.8) is 0 Å². The molecule has 9 nitrogen and oxygen atoms in total. The van der Waals surface area contributed by atoms with E-state index >= 15 is 0 Å². The van der Waals surface area contributed by atoms with Crippen molar-refractivity contribution < 1.29 is 23.6 Å². The van der Waals surface area contributed by atoms with Crippen LogP contribution >= 0.6 is 0 Å².